The predicted octanol–water partition coefficient (Wildman–Crippen LogP) is 1.74. The van der Waals surface area contributed by atoms with E-state index in [0.717, 1.165) is 6.61 Å². The number of rotatable bonds is 2. The maximum Gasteiger partial charge on any atom is 0.191 e. The summed E-state index contributed by atoms with van der Waals surface area (Å²) in [5, 5.41) is 0. The minimum absolute atomic E-state index is 0.958. The molecular weight excluding hydrogens is 168 g/mol. The van der Waals surface area contributed by atoms with Crippen LogP contribution in [0, 0.1) is 0 Å². The van der Waals surface area contributed by atoms with Crippen LogP contribution in [0.3, 0.4) is 0 Å². The lowest BCUT2D eigenvalue weighted by Crippen LogP contribution is -2.51. The Hall–Kier alpha value is -0.126. The zero-order valence-corrected chi connectivity index (χ0v) is 9.33. The molecule has 1 fully saturated rings. The minimum Gasteiger partial charge on any atom is -0.418 e. The van der Waals surface area contributed by atoms with Gasteiger partial charge in [0.05, 0.1) is 7.59 Å². The highest BCUT2D eigenvalue weighted by Gasteiger charge is 2.36. The molecule has 0 saturated carbocycles. The second kappa shape index (κ2) is 3.51. The highest BCUT2D eigenvalue weighted by molar-refractivity contribution is 7.34. The van der Waals surface area contributed by atoms with Crippen LogP contribution in [-0.4, -0.2) is 22.8 Å². The van der Waals surface area contributed by atoms with Gasteiger partial charge in [-0.3, -0.25) is 0 Å². The molecule has 1 saturated heterocycles. The summed E-state index contributed by atoms with van der Waals surface area (Å²) in [6.45, 7) is 11.1. The van der Waals surface area contributed by atoms with Crippen LogP contribution in [0.15, 0.2) is 24.6 Å². The van der Waals surface area contributed by atoms with E-state index in [1.54, 1.807) is 0 Å². The summed E-state index contributed by atoms with van der Waals surface area (Å²) in [6, 6.07) is 1.36. The van der Waals surface area contributed by atoms with Crippen LogP contribution >= 0.6 is 0 Å². The second-order valence-electron chi connectivity index (χ2n) is 3.34. The van der Waals surface area contributed by atoms with Gasteiger partial charge in [-0.25, -0.2) is 0 Å². The lowest BCUT2D eigenvalue weighted by Gasteiger charge is -2.33. The van der Waals surface area contributed by atoms with Crippen molar-refractivity contribution in [3.05, 3.63) is 24.6 Å². The molecule has 1 aliphatic heterocycles. The summed E-state index contributed by atoms with van der Waals surface area (Å²) in [4.78, 5) is 0. The first kappa shape index (κ1) is 8.97. The average molecular weight is 184 g/mol. The fourth-order valence-corrected chi connectivity index (χ4v) is 9.93. The molecule has 11 heavy (non-hydrogen) atoms. The smallest absolute Gasteiger partial charge is 0.191 e. The molecule has 0 aromatic carbocycles. The maximum atomic E-state index is 5.74. The Bertz CT molecular complexity index is 169. The topological polar surface area (TPSA) is 9.23 Å². The normalized spacial score (nSPS) is 38.1. The quantitative estimate of drug-likeness (QED) is 0.594. The van der Waals surface area contributed by atoms with Crippen molar-refractivity contribution in [1.82, 2.24) is 0 Å². The monoisotopic (exact) mass is 184 g/mol. The summed E-state index contributed by atoms with van der Waals surface area (Å²) in [5.74, 6) is 0. The van der Waals surface area contributed by atoms with Crippen LogP contribution in [0.1, 0.15) is 6.42 Å². The number of hydrogen-bond donors (Lipinski definition) is 0. The molecule has 1 heterocycles. The summed E-state index contributed by atoms with van der Waals surface area (Å²) in [7, 11) is -2.23. The predicted molar refractivity (Wildman–Crippen MR) is 54.5 cm³/mol. The Labute approximate surface area is 71.3 Å². The highest BCUT2D eigenvalue weighted by atomic mass is 29.2. The van der Waals surface area contributed by atoms with Crippen LogP contribution in [0.5, 0.6) is 0 Å². The maximum absolute atomic E-state index is 5.74. The van der Waals surface area contributed by atoms with E-state index in [-0.39, 0.29) is 0 Å². The Morgan fingerprint density at radius 3 is 2.73 bits per heavy atom. The molecule has 1 aliphatic rings. The van der Waals surface area contributed by atoms with E-state index in [1.807, 2.05) is 0 Å². The molecule has 2 unspecified atom stereocenters. The van der Waals surface area contributed by atoms with Crippen molar-refractivity contribution in [2.75, 3.05) is 6.61 Å². The molecule has 62 valence electrons. The van der Waals surface area contributed by atoms with E-state index in [4.69, 9.17) is 4.43 Å². The fraction of sp³-hybridized carbons (Fsp3) is 0.500. The third kappa shape index (κ3) is 1.72. The summed E-state index contributed by atoms with van der Waals surface area (Å²) in [5.41, 5.74) is 4.26. The van der Waals surface area contributed by atoms with E-state index in [2.05, 4.69) is 31.1 Å². The minimum atomic E-state index is -1.18. The molecular formula is C8H16OSi2. The summed E-state index contributed by atoms with van der Waals surface area (Å²) >= 11 is 0. The summed E-state index contributed by atoms with van der Waals surface area (Å²) in [6.07, 6.45) is 1.23. The van der Waals surface area contributed by atoms with E-state index >= 15 is 0 Å². The molecule has 3 heteroatoms. The van der Waals surface area contributed by atoms with Crippen LogP contribution in [0.25, 0.3) is 0 Å². The van der Waals surface area contributed by atoms with Gasteiger partial charge in [0.1, 0.15) is 0 Å². The SMILES string of the molecule is C=C[SiH]1OCCC[Si]1(C)C=C. The van der Waals surface area contributed by atoms with Gasteiger partial charge in [-0.2, -0.15) is 0 Å². The molecule has 0 aliphatic carbocycles. The molecule has 0 radical (unpaired) electrons. The molecule has 1 rings (SSSR count). The van der Waals surface area contributed by atoms with Gasteiger partial charge in [-0.05, 0) is 6.42 Å². The molecule has 0 bridgehead atoms. The Morgan fingerprint density at radius 1 is 1.55 bits per heavy atom. The lowest BCUT2D eigenvalue weighted by molar-refractivity contribution is 0.325. The van der Waals surface area contributed by atoms with Gasteiger partial charge in [0.15, 0.2) is 8.56 Å². The Kier molecular flexibility index (Phi) is 2.86. The van der Waals surface area contributed by atoms with Crippen molar-refractivity contribution in [3.8, 4) is 0 Å². The second-order valence-corrected chi connectivity index (χ2v) is 14.6. The van der Waals surface area contributed by atoms with Crippen molar-refractivity contribution >= 4 is 16.1 Å². The molecule has 0 amide bonds. The van der Waals surface area contributed by atoms with Crippen LogP contribution < -0.4 is 0 Å². The first-order chi connectivity index (χ1) is 5.23. The zero-order chi connectivity index (χ0) is 8.32. The van der Waals surface area contributed by atoms with E-state index in [0.29, 0.717) is 0 Å². The van der Waals surface area contributed by atoms with Gasteiger partial charge in [0, 0.05) is 6.61 Å². The summed E-state index contributed by atoms with van der Waals surface area (Å²) < 4.78 is 5.74. The van der Waals surface area contributed by atoms with Crippen LogP contribution in [0.4, 0.5) is 0 Å². The van der Waals surface area contributed by atoms with E-state index < -0.39 is 16.1 Å². The standard InChI is InChI=1S/C8H16OSi2/c1-4-10-9-7-6-8-11(10,3)5-2/h4-5,10H,1-2,6-8H2,3H3. The Balaban J connectivity index is 2.72. The van der Waals surface area contributed by atoms with Crippen molar-refractivity contribution in [2.45, 2.75) is 19.0 Å². The van der Waals surface area contributed by atoms with Gasteiger partial charge in [0.25, 0.3) is 0 Å². The molecule has 0 spiro atoms. The number of hydrogen-bond acceptors (Lipinski definition) is 1. The van der Waals surface area contributed by atoms with Crippen LogP contribution in [-0.2, 0) is 4.43 Å². The molecule has 1 nitrogen and oxygen atoms in total. The van der Waals surface area contributed by atoms with Crippen LogP contribution in [0.2, 0.25) is 12.6 Å². The van der Waals surface area contributed by atoms with Crippen molar-refractivity contribution < 1.29 is 4.43 Å². The van der Waals surface area contributed by atoms with Gasteiger partial charge in [0.2, 0.25) is 0 Å². The van der Waals surface area contributed by atoms with Crippen molar-refractivity contribution in [2.24, 2.45) is 0 Å². The van der Waals surface area contributed by atoms with Crippen molar-refractivity contribution in [3.63, 3.8) is 0 Å². The molecule has 2 atom stereocenters. The zero-order valence-electron chi connectivity index (χ0n) is 7.18. The first-order valence-corrected chi connectivity index (χ1v) is 9.84. The van der Waals surface area contributed by atoms with E-state index in [1.165, 1.54) is 12.5 Å². The Morgan fingerprint density at radius 2 is 2.27 bits per heavy atom. The highest BCUT2D eigenvalue weighted by Crippen LogP contribution is 2.23. The lowest BCUT2D eigenvalue weighted by atomic mass is 10.5. The third-order valence-electron chi connectivity index (χ3n) is 2.49. The van der Waals surface area contributed by atoms with Crippen molar-refractivity contribution in [1.29, 1.82) is 0 Å². The van der Waals surface area contributed by atoms with Gasteiger partial charge in [-0.1, -0.05) is 18.3 Å². The van der Waals surface area contributed by atoms with E-state index in [9.17, 15) is 0 Å². The van der Waals surface area contributed by atoms with Gasteiger partial charge < -0.3 is 4.43 Å². The first-order valence-electron chi connectivity index (χ1n) is 4.11. The molecule has 0 aromatic heterocycles. The molecule has 0 N–H and O–H groups in total. The molecule has 0 aromatic rings. The van der Waals surface area contributed by atoms with Gasteiger partial charge >= 0.3 is 0 Å². The average Bonchev–Trinajstić information content (AvgIpc) is 2.05. The third-order valence-corrected chi connectivity index (χ3v) is 13.9. The fourth-order valence-electron chi connectivity index (χ4n) is 1.55. The largest absolute Gasteiger partial charge is 0.418 e. The van der Waals surface area contributed by atoms with Gasteiger partial charge in [-0.15, -0.1) is 18.9 Å².